The van der Waals surface area contributed by atoms with Crippen LogP contribution in [-0.4, -0.2) is 11.0 Å². The summed E-state index contributed by atoms with van der Waals surface area (Å²) in [7, 11) is 0. The summed E-state index contributed by atoms with van der Waals surface area (Å²) in [4.78, 5) is 0. The van der Waals surface area contributed by atoms with E-state index in [-0.39, 0.29) is 5.84 Å². The highest BCUT2D eigenvalue weighted by atomic mass is 16.5. The second-order valence-electron chi connectivity index (χ2n) is 4.33. The first kappa shape index (κ1) is 13.0. The highest BCUT2D eigenvalue weighted by Gasteiger charge is 2.06. The van der Waals surface area contributed by atoms with Crippen LogP contribution < -0.4 is 10.5 Å². The molecule has 0 amide bonds. The lowest BCUT2D eigenvalue weighted by atomic mass is 10.1. The lowest BCUT2D eigenvalue weighted by molar-refractivity contribution is 0.318. The quantitative estimate of drug-likeness (QED) is 0.383. The van der Waals surface area contributed by atoms with Crippen molar-refractivity contribution in [1.82, 2.24) is 0 Å². The zero-order valence-corrected chi connectivity index (χ0v) is 10.9. The summed E-state index contributed by atoms with van der Waals surface area (Å²) in [5.74, 6) is 1.66. The van der Waals surface area contributed by atoms with Gasteiger partial charge in [-0.2, -0.15) is 0 Å². The first-order valence-electron chi connectivity index (χ1n) is 5.94. The van der Waals surface area contributed by atoms with Crippen molar-refractivity contribution in [1.29, 1.82) is 0 Å². The van der Waals surface area contributed by atoms with Gasteiger partial charge in [0.1, 0.15) is 11.5 Å². The number of hydrogen-bond donors (Lipinski definition) is 2. The van der Waals surface area contributed by atoms with Crippen molar-refractivity contribution in [2.75, 3.05) is 0 Å². The third kappa shape index (κ3) is 2.85. The molecule has 0 aliphatic rings. The Hall–Kier alpha value is -2.49. The maximum atomic E-state index is 8.65. The van der Waals surface area contributed by atoms with Gasteiger partial charge in [-0.25, -0.2) is 0 Å². The number of amidine groups is 1. The van der Waals surface area contributed by atoms with E-state index in [0.29, 0.717) is 5.56 Å². The molecule has 0 saturated heterocycles. The molecule has 0 unspecified atom stereocenters. The van der Waals surface area contributed by atoms with E-state index in [1.807, 2.05) is 50.2 Å². The fourth-order valence-electron chi connectivity index (χ4n) is 1.77. The van der Waals surface area contributed by atoms with Crippen molar-refractivity contribution in [3.05, 3.63) is 59.2 Å². The van der Waals surface area contributed by atoms with E-state index in [1.165, 1.54) is 0 Å². The lowest BCUT2D eigenvalue weighted by Crippen LogP contribution is -2.13. The van der Waals surface area contributed by atoms with Gasteiger partial charge in [-0.05, 0) is 49.2 Å². The maximum Gasteiger partial charge on any atom is 0.170 e. The standard InChI is InChI=1S/C15H16N2O2/c1-10-5-3-4-6-13(10)19-14-8-7-12(9-11(14)2)15(16)17-18/h3-9,18H,1-2H3,(H2,16,17). The molecule has 19 heavy (non-hydrogen) atoms. The molecule has 0 aliphatic carbocycles. The molecule has 0 spiro atoms. The zero-order chi connectivity index (χ0) is 13.8. The Morgan fingerprint density at radius 2 is 1.74 bits per heavy atom. The predicted molar refractivity (Wildman–Crippen MR) is 74.9 cm³/mol. The molecule has 3 N–H and O–H groups in total. The molecule has 2 aromatic carbocycles. The maximum absolute atomic E-state index is 8.65. The molecule has 2 aromatic rings. The Balaban J connectivity index is 2.30. The molecule has 0 radical (unpaired) electrons. The van der Waals surface area contributed by atoms with Crippen LogP contribution >= 0.6 is 0 Å². The molecule has 0 fully saturated rings. The second-order valence-corrected chi connectivity index (χ2v) is 4.33. The van der Waals surface area contributed by atoms with Crippen molar-refractivity contribution >= 4 is 5.84 Å². The van der Waals surface area contributed by atoms with Crippen molar-refractivity contribution in [2.24, 2.45) is 10.9 Å². The van der Waals surface area contributed by atoms with Crippen molar-refractivity contribution < 1.29 is 9.94 Å². The van der Waals surface area contributed by atoms with Gasteiger partial charge in [0.05, 0.1) is 0 Å². The van der Waals surface area contributed by atoms with E-state index in [1.54, 1.807) is 6.07 Å². The zero-order valence-electron chi connectivity index (χ0n) is 10.9. The number of nitrogens with two attached hydrogens (primary N) is 1. The van der Waals surface area contributed by atoms with Gasteiger partial charge in [-0.3, -0.25) is 0 Å². The van der Waals surface area contributed by atoms with E-state index >= 15 is 0 Å². The summed E-state index contributed by atoms with van der Waals surface area (Å²) < 4.78 is 5.87. The van der Waals surface area contributed by atoms with Crippen LogP contribution in [0, 0.1) is 13.8 Å². The van der Waals surface area contributed by atoms with Crippen LogP contribution in [0.3, 0.4) is 0 Å². The van der Waals surface area contributed by atoms with Crippen LogP contribution in [0.2, 0.25) is 0 Å². The molecule has 4 heteroatoms. The van der Waals surface area contributed by atoms with Crippen molar-refractivity contribution in [2.45, 2.75) is 13.8 Å². The highest BCUT2D eigenvalue weighted by molar-refractivity contribution is 5.97. The molecule has 4 nitrogen and oxygen atoms in total. The summed E-state index contributed by atoms with van der Waals surface area (Å²) in [6.07, 6.45) is 0. The van der Waals surface area contributed by atoms with E-state index in [2.05, 4.69) is 5.16 Å². The number of aryl methyl sites for hydroxylation is 2. The first-order valence-corrected chi connectivity index (χ1v) is 5.94. The third-order valence-electron chi connectivity index (χ3n) is 2.89. The number of hydrogen-bond acceptors (Lipinski definition) is 3. The van der Waals surface area contributed by atoms with Crippen LogP contribution in [-0.2, 0) is 0 Å². The number of para-hydroxylation sites is 1. The van der Waals surface area contributed by atoms with Gasteiger partial charge in [0.15, 0.2) is 5.84 Å². The number of rotatable bonds is 3. The molecule has 0 bridgehead atoms. The van der Waals surface area contributed by atoms with Crippen LogP contribution in [0.1, 0.15) is 16.7 Å². The van der Waals surface area contributed by atoms with E-state index in [4.69, 9.17) is 15.7 Å². The van der Waals surface area contributed by atoms with Crippen molar-refractivity contribution in [3.8, 4) is 11.5 Å². The highest BCUT2D eigenvalue weighted by Crippen LogP contribution is 2.27. The minimum Gasteiger partial charge on any atom is -0.457 e. The van der Waals surface area contributed by atoms with Crippen LogP contribution in [0.25, 0.3) is 0 Å². The minimum absolute atomic E-state index is 0.0885. The molecular weight excluding hydrogens is 240 g/mol. The van der Waals surface area contributed by atoms with Crippen LogP contribution in [0.15, 0.2) is 47.6 Å². The molecule has 0 aliphatic heterocycles. The fourth-order valence-corrected chi connectivity index (χ4v) is 1.77. The van der Waals surface area contributed by atoms with Gasteiger partial charge in [0, 0.05) is 5.56 Å². The molecular formula is C15H16N2O2. The average molecular weight is 256 g/mol. The molecule has 0 aromatic heterocycles. The van der Waals surface area contributed by atoms with Gasteiger partial charge < -0.3 is 15.7 Å². The Bertz CT molecular complexity index is 621. The average Bonchev–Trinajstić information content (AvgIpc) is 2.42. The third-order valence-corrected chi connectivity index (χ3v) is 2.89. The summed E-state index contributed by atoms with van der Waals surface area (Å²) in [6.45, 7) is 3.91. The SMILES string of the molecule is Cc1ccccc1Oc1ccc(/C(N)=N/O)cc1C. The topological polar surface area (TPSA) is 67.8 Å². The van der Waals surface area contributed by atoms with Gasteiger partial charge >= 0.3 is 0 Å². The van der Waals surface area contributed by atoms with E-state index < -0.39 is 0 Å². The van der Waals surface area contributed by atoms with Crippen molar-refractivity contribution in [3.63, 3.8) is 0 Å². The summed E-state index contributed by atoms with van der Waals surface area (Å²) in [5.41, 5.74) is 8.21. The number of nitrogens with zero attached hydrogens (tertiary/aromatic N) is 1. The summed E-state index contributed by atoms with van der Waals surface area (Å²) in [6, 6.07) is 13.2. The van der Waals surface area contributed by atoms with E-state index in [9.17, 15) is 0 Å². The smallest absolute Gasteiger partial charge is 0.170 e. The van der Waals surface area contributed by atoms with Gasteiger partial charge in [0.2, 0.25) is 0 Å². The minimum atomic E-state index is 0.0885. The Morgan fingerprint density at radius 3 is 2.37 bits per heavy atom. The predicted octanol–water partition coefficient (Wildman–Crippen LogP) is 3.19. The van der Waals surface area contributed by atoms with Gasteiger partial charge in [0.25, 0.3) is 0 Å². The Labute approximate surface area is 112 Å². The summed E-state index contributed by atoms with van der Waals surface area (Å²) in [5, 5.41) is 11.6. The largest absolute Gasteiger partial charge is 0.457 e. The molecule has 0 atom stereocenters. The molecule has 2 rings (SSSR count). The molecule has 0 heterocycles. The summed E-state index contributed by atoms with van der Waals surface area (Å²) >= 11 is 0. The van der Waals surface area contributed by atoms with Gasteiger partial charge in [-0.15, -0.1) is 0 Å². The van der Waals surface area contributed by atoms with Gasteiger partial charge in [-0.1, -0.05) is 23.4 Å². The van der Waals surface area contributed by atoms with E-state index in [0.717, 1.165) is 22.6 Å². The van der Waals surface area contributed by atoms with Crippen LogP contribution in [0.5, 0.6) is 11.5 Å². The van der Waals surface area contributed by atoms with Crippen LogP contribution in [0.4, 0.5) is 0 Å². The Morgan fingerprint density at radius 1 is 1.05 bits per heavy atom. The normalized spacial score (nSPS) is 11.4. The number of oxime groups is 1. The lowest BCUT2D eigenvalue weighted by Gasteiger charge is -2.11. The fraction of sp³-hybridized carbons (Fsp3) is 0.133. The number of ether oxygens (including phenoxy) is 1. The second kappa shape index (κ2) is 5.44. The first-order chi connectivity index (χ1) is 9.11. The Kier molecular flexibility index (Phi) is 3.71. The molecule has 0 saturated carbocycles. The molecule has 98 valence electrons. The monoisotopic (exact) mass is 256 g/mol. The number of benzene rings is 2.